The molecule has 2 aromatic heterocycles. The number of rotatable bonds is 4. The lowest BCUT2D eigenvalue weighted by atomic mass is 10.1. The number of carbonyl (C=O) groups excluding carboxylic acids is 1. The van der Waals surface area contributed by atoms with E-state index in [1.165, 1.54) is 12.8 Å². The number of nitrogens with one attached hydrogen (secondary N) is 1. The average molecular weight is 292 g/mol. The van der Waals surface area contributed by atoms with Gasteiger partial charge in [-0.2, -0.15) is 0 Å². The maximum atomic E-state index is 11.9. The fourth-order valence-electron chi connectivity index (χ4n) is 2.52. The van der Waals surface area contributed by atoms with Crippen LogP contribution in [0, 0.1) is 5.92 Å². The molecular formula is C17H16N4O. The number of hydrogen-bond donors (Lipinski definition) is 1. The monoisotopic (exact) mass is 292 g/mol. The van der Waals surface area contributed by atoms with Gasteiger partial charge in [0.1, 0.15) is 0 Å². The molecule has 1 aliphatic rings. The lowest BCUT2D eigenvalue weighted by molar-refractivity contribution is -0.116. The predicted octanol–water partition coefficient (Wildman–Crippen LogP) is 3.13. The van der Waals surface area contributed by atoms with Gasteiger partial charge in [-0.1, -0.05) is 12.1 Å². The van der Waals surface area contributed by atoms with E-state index in [1.807, 2.05) is 47.1 Å². The van der Waals surface area contributed by atoms with E-state index in [9.17, 15) is 4.79 Å². The summed E-state index contributed by atoms with van der Waals surface area (Å²) in [6.45, 7) is 0. The molecule has 110 valence electrons. The van der Waals surface area contributed by atoms with Crippen molar-refractivity contribution in [1.82, 2.24) is 14.4 Å². The summed E-state index contributed by atoms with van der Waals surface area (Å²) in [6, 6.07) is 9.64. The largest absolute Gasteiger partial charge is 0.326 e. The van der Waals surface area contributed by atoms with Crippen molar-refractivity contribution in [3.05, 3.63) is 48.9 Å². The minimum atomic E-state index is 0.0938. The third-order valence-electron chi connectivity index (χ3n) is 3.85. The Morgan fingerprint density at radius 2 is 2.23 bits per heavy atom. The molecular weight excluding hydrogens is 276 g/mol. The summed E-state index contributed by atoms with van der Waals surface area (Å²) in [4.78, 5) is 20.6. The Bertz CT molecular complexity index is 802. The van der Waals surface area contributed by atoms with Gasteiger partial charge in [-0.15, -0.1) is 0 Å². The molecule has 3 aromatic rings. The molecule has 1 amide bonds. The zero-order chi connectivity index (χ0) is 14.9. The van der Waals surface area contributed by atoms with Crippen LogP contribution in [0.2, 0.25) is 0 Å². The molecule has 0 aliphatic heterocycles. The Balaban J connectivity index is 1.58. The van der Waals surface area contributed by atoms with Gasteiger partial charge in [0.05, 0.1) is 5.69 Å². The van der Waals surface area contributed by atoms with Crippen LogP contribution in [0.15, 0.2) is 48.9 Å². The minimum Gasteiger partial charge on any atom is -0.326 e. The number of amides is 1. The van der Waals surface area contributed by atoms with E-state index in [0.29, 0.717) is 18.1 Å². The molecule has 4 rings (SSSR count). The van der Waals surface area contributed by atoms with E-state index < -0.39 is 0 Å². The topological polar surface area (TPSA) is 59.3 Å². The lowest BCUT2D eigenvalue weighted by Gasteiger charge is -2.06. The van der Waals surface area contributed by atoms with E-state index in [1.54, 1.807) is 6.20 Å². The maximum absolute atomic E-state index is 11.9. The Morgan fingerprint density at radius 1 is 1.32 bits per heavy atom. The first kappa shape index (κ1) is 13.0. The van der Waals surface area contributed by atoms with E-state index in [4.69, 9.17) is 0 Å². The number of fused-ring (bicyclic) bond motifs is 1. The van der Waals surface area contributed by atoms with Gasteiger partial charge < -0.3 is 5.32 Å². The fraction of sp³-hybridized carbons (Fsp3) is 0.235. The second kappa shape index (κ2) is 5.26. The van der Waals surface area contributed by atoms with Gasteiger partial charge in [-0.25, -0.2) is 9.97 Å². The first-order chi connectivity index (χ1) is 10.8. The fourth-order valence-corrected chi connectivity index (χ4v) is 2.52. The van der Waals surface area contributed by atoms with Gasteiger partial charge in [0.25, 0.3) is 0 Å². The Morgan fingerprint density at radius 3 is 3.05 bits per heavy atom. The molecule has 22 heavy (non-hydrogen) atoms. The second-order valence-corrected chi connectivity index (χ2v) is 5.73. The van der Waals surface area contributed by atoms with Crippen molar-refractivity contribution in [3.63, 3.8) is 0 Å². The molecule has 5 nitrogen and oxygen atoms in total. The molecule has 2 heterocycles. The molecule has 1 aromatic carbocycles. The van der Waals surface area contributed by atoms with E-state index in [2.05, 4.69) is 15.3 Å². The van der Waals surface area contributed by atoms with Gasteiger partial charge in [-0.3, -0.25) is 9.20 Å². The zero-order valence-corrected chi connectivity index (χ0v) is 12.1. The third-order valence-corrected chi connectivity index (χ3v) is 3.85. The molecule has 0 atom stereocenters. The maximum Gasteiger partial charge on any atom is 0.234 e. The summed E-state index contributed by atoms with van der Waals surface area (Å²) in [5.41, 5.74) is 2.62. The zero-order valence-electron chi connectivity index (χ0n) is 12.1. The molecule has 5 heteroatoms. The molecule has 1 aliphatic carbocycles. The van der Waals surface area contributed by atoms with Gasteiger partial charge in [0, 0.05) is 36.3 Å². The van der Waals surface area contributed by atoms with Crippen LogP contribution in [0.3, 0.4) is 0 Å². The van der Waals surface area contributed by atoms with E-state index in [-0.39, 0.29) is 5.91 Å². The second-order valence-electron chi connectivity index (χ2n) is 5.73. The van der Waals surface area contributed by atoms with Crippen molar-refractivity contribution in [1.29, 1.82) is 0 Å². The Labute approximate surface area is 128 Å². The van der Waals surface area contributed by atoms with E-state index in [0.717, 1.165) is 16.9 Å². The van der Waals surface area contributed by atoms with Crippen molar-refractivity contribution in [2.75, 3.05) is 5.32 Å². The third kappa shape index (κ3) is 2.70. The number of benzene rings is 1. The first-order valence-corrected chi connectivity index (χ1v) is 7.48. The van der Waals surface area contributed by atoms with Gasteiger partial charge in [0.15, 0.2) is 0 Å². The smallest absolute Gasteiger partial charge is 0.234 e. The van der Waals surface area contributed by atoms with Crippen LogP contribution in [0.4, 0.5) is 5.69 Å². The van der Waals surface area contributed by atoms with Crippen LogP contribution in [0.5, 0.6) is 0 Å². The minimum absolute atomic E-state index is 0.0938. The molecule has 0 unspecified atom stereocenters. The molecule has 1 saturated carbocycles. The summed E-state index contributed by atoms with van der Waals surface area (Å²) in [6.07, 6.45) is 8.57. The number of nitrogens with zero attached hydrogens (tertiary/aromatic N) is 3. The number of hydrogen-bond acceptors (Lipinski definition) is 3. The summed E-state index contributed by atoms with van der Waals surface area (Å²) in [5.74, 6) is 1.35. The SMILES string of the molecule is O=C(CC1CC1)Nc1cccc(-c2cn3cccnc3n2)c1. The molecule has 0 radical (unpaired) electrons. The van der Waals surface area contributed by atoms with Crippen LogP contribution in [0.1, 0.15) is 19.3 Å². The standard InChI is InChI=1S/C17H16N4O/c22-16(9-12-5-6-12)19-14-4-1-3-13(10-14)15-11-21-8-2-7-18-17(21)20-15/h1-4,7-8,10-12H,5-6,9H2,(H,19,22). The highest BCUT2D eigenvalue weighted by Gasteiger charge is 2.24. The van der Waals surface area contributed by atoms with Crippen molar-refractivity contribution in [2.45, 2.75) is 19.3 Å². The molecule has 1 fully saturated rings. The van der Waals surface area contributed by atoms with Crippen LogP contribution in [-0.4, -0.2) is 20.3 Å². The highest BCUT2D eigenvalue weighted by molar-refractivity contribution is 5.91. The summed E-state index contributed by atoms with van der Waals surface area (Å²) < 4.78 is 1.88. The Hall–Kier alpha value is -2.69. The van der Waals surface area contributed by atoms with Crippen LogP contribution in [0.25, 0.3) is 17.0 Å². The van der Waals surface area contributed by atoms with Crippen molar-refractivity contribution >= 4 is 17.4 Å². The van der Waals surface area contributed by atoms with Crippen molar-refractivity contribution in [2.24, 2.45) is 5.92 Å². The quantitative estimate of drug-likeness (QED) is 0.803. The summed E-state index contributed by atoms with van der Waals surface area (Å²) in [5, 5.41) is 2.97. The van der Waals surface area contributed by atoms with Crippen LogP contribution < -0.4 is 5.32 Å². The van der Waals surface area contributed by atoms with Crippen LogP contribution in [-0.2, 0) is 4.79 Å². The van der Waals surface area contributed by atoms with Crippen LogP contribution >= 0.6 is 0 Å². The summed E-state index contributed by atoms with van der Waals surface area (Å²) in [7, 11) is 0. The number of imidazole rings is 1. The highest BCUT2D eigenvalue weighted by Crippen LogP contribution is 2.32. The number of carbonyl (C=O) groups is 1. The highest BCUT2D eigenvalue weighted by atomic mass is 16.1. The molecule has 1 N–H and O–H groups in total. The number of anilines is 1. The molecule has 0 bridgehead atoms. The van der Waals surface area contributed by atoms with Gasteiger partial charge in [0.2, 0.25) is 11.7 Å². The lowest BCUT2D eigenvalue weighted by Crippen LogP contribution is -2.11. The molecule has 0 saturated heterocycles. The normalized spacial score (nSPS) is 14.2. The Kier molecular flexibility index (Phi) is 3.11. The van der Waals surface area contributed by atoms with Crippen molar-refractivity contribution < 1.29 is 4.79 Å². The number of aromatic nitrogens is 3. The van der Waals surface area contributed by atoms with Crippen molar-refractivity contribution in [3.8, 4) is 11.3 Å². The van der Waals surface area contributed by atoms with Gasteiger partial charge >= 0.3 is 0 Å². The average Bonchev–Trinajstić information content (AvgIpc) is 3.22. The first-order valence-electron chi connectivity index (χ1n) is 7.48. The summed E-state index contributed by atoms with van der Waals surface area (Å²) >= 11 is 0. The van der Waals surface area contributed by atoms with E-state index >= 15 is 0 Å². The molecule has 0 spiro atoms. The van der Waals surface area contributed by atoms with Gasteiger partial charge in [-0.05, 0) is 37.0 Å². The predicted molar refractivity (Wildman–Crippen MR) is 84.4 cm³/mol.